The first-order chi connectivity index (χ1) is 7.65. The van der Waals surface area contributed by atoms with Crippen LogP contribution in [0.5, 0.6) is 0 Å². The van der Waals surface area contributed by atoms with Crippen molar-refractivity contribution in [2.24, 2.45) is 0 Å². The summed E-state index contributed by atoms with van der Waals surface area (Å²) in [4.78, 5) is 23.7. The van der Waals surface area contributed by atoms with Crippen LogP contribution >= 0.6 is 0 Å². The second kappa shape index (κ2) is 4.02. The Morgan fingerprint density at radius 3 is 2.44 bits per heavy atom. The molecule has 1 unspecified atom stereocenters. The van der Waals surface area contributed by atoms with Gasteiger partial charge in [-0.2, -0.15) is 0 Å². The molecule has 0 radical (unpaired) electrons. The van der Waals surface area contributed by atoms with E-state index in [1.807, 2.05) is 0 Å². The van der Waals surface area contributed by atoms with Crippen LogP contribution < -0.4 is 0 Å². The van der Waals surface area contributed by atoms with Crippen LogP contribution in [-0.4, -0.2) is 22.8 Å². The Morgan fingerprint density at radius 1 is 1.19 bits per heavy atom. The Kier molecular flexibility index (Phi) is 2.71. The lowest BCUT2D eigenvalue weighted by Gasteiger charge is -2.17. The van der Waals surface area contributed by atoms with Crippen molar-refractivity contribution in [3.8, 4) is 0 Å². The zero-order chi connectivity index (χ0) is 11.7. The number of benzene rings is 1. The van der Waals surface area contributed by atoms with E-state index in [-0.39, 0.29) is 17.1 Å². The molecule has 1 aromatic carbocycles. The number of Topliss-reactive ketones (excluding diaryl/α,β-unsaturated/α-hetero) is 1. The van der Waals surface area contributed by atoms with Crippen molar-refractivity contribution in [1.82, 2.24) is 0 Å². The Bertz CT molecular complexity index is 486. The van der Waals surface area contributed by atoms with Crippen LogP contribution in [0, 0.1) is 0 Å². The number of hydrogen-bond acceptors (Lipinski definition) is 3. The highest BCUT2D eigenvalue weighted by molar-refractivity contribution is 6.24. The van der Waals surface area contributed by atoms with Crippen LogP contribution in [0.1, 0.15) is 34.1 Å². The van der Waals surface area contributed by atoms with Gasteiger partial charge in [-0.05, 0) is 12.5 Å². The molecule has 1 aliphatic carbocycles. The number of carbonyl (C=O) groups is 2. The summed E-state index contributed by atoms with van der Waals surface area (Å²) in [5, 5.41) is 9.66. The Hall–Kier alpha value is -1.74. The maximum Gasteiger partial charge on any atom is 0.192 e. The van der Waals surface area contributed by atoms with Gasteiger partial charge < -0.3 is 5.11 Å². The minimum atomic E-state index is -0.857. The lowest BCUT2D eigenvalue weighted by atomic mass is 9.86. The summed E-state index contributed by atoms with van der Waals surface area (Å²) in [5.41, 5.74) is 1.00. The topological polar surface area (TPSA) is 54.4 Å². The lowest BCUT2D eigenvalue weighted by Crippen LogP contribution is -2.24. The van der Waals surface area contributed by atoms with Crippen molar-refractivity contribution in [3.63, 3.8) is 0 Å². The van der Waals surface area contributed by atoms with Gasteiger partial charge in [0.1, 0.15) is 0 Å². The number of allylic oxidation sites excluding steroid dienone is 1. The summed E-state index contributed by atoms with van der Waals surface area (Å²) in [7, 11) is 0. The van der Waals surface area contributed by atoms with Gasteiger partial charge in [-0.15, -0.1) is 0 Å². The summed E-state index contributed by atoms with van der Waals surface area (Å²) in [6.07, 6.45) is 0.816. The number of aliphatic hydroxyl groups is 1. The maximum absolute atomic E-state index is 12.0. The predicted molar refractivity (Wildman–Crippen MR) is 59.5 cm³/mol. The van der Waals surface area contributed by atoms with Gasteiger partial charge in [0, 0.05) is 16.7 Å². The zero-order valence-electron chi connectivity index (χ0n) is 8.93. The van der Waals surface area contributed by atoms with E-state index in [2.05, 4.69) is 0 Å². The molecule has 16 heavy (non-hydrogen) atoms. The SMILES string of the molecule is CCC(O)C1=CC(=O)c2ccccc2C1=O. The molecule has 1 atom stereocenters. The van der Waals surface area contributed by atoms with Crippen LogP contribution in [0.25, 0.3) is 0 Å². The fourth-order valence-electron chi connectivity index (χ4n) is 1.80. The normalized spacial score (nSPS) is 16.8. The number of carbonyl (C=O) groups excluding carboxylic acids is 2. The van der Waals surface area contributed by atoms with Gasteiger partial charge in [0.25, 0.3) is 0 Å². The van der Waals surface area contributed by atoms with E-state index < -0.39 is 6.10 Å². The molecule has 0 fully saturated rings. The van der Waals surface area contributed by atoms with E-state index in [0.717, 1.165) is 0 Å². The highest BCUT2D eigenvalue weighted by Gasteiger charge is 2.28. The Labute approximate surface area is 93.4 Å². The molecule has 0 spiro atoms. The highest BCUT2D eigenvalue weighted by Crippen LogP contribution is 2.23. The van der Waals surface area contributed by atoms with E-state index in [9.17, 15) is 14.7 Å². The molecule has 0 aromatic heterocycles. The van der Waals surface area contributed by atoms with Gasteiger partial charge >= 0.3 is 0 Å². The van der Waals surface area contributed by atoms with Crippen molar-refractivity contribution in [2.75, 3.05) is 0 Å². The predicted octanol–water partition coefficient (Wildman–Crippen LogP) is 1.76. The third-order valence-corrected chi connectivity index (χ3v) is 2.73. The summed E-state index contributed by atoms with van der Waals surface area (Å²) in [5.74, 6) is -0.456. The summed E-state index contributed by atoms with van der Waals surface area (Å²) in [6.45, 7) is 1.77. The molecule has 82 valence electrons. The van der Waals surface area contributed by atoms with Crippen LogP contribution in [0.2, 0.25) is 0 Å². The molecule has 1 N–H and O–H groups in total. The Balaban J connectivity index is 2.51. The molecule has 0 bridgehead atoms. The molecular weight excluding hydrogens is 204 g/mol. The van der Waals surface area contributed by atoms with Crippen molar-refractivity contribution >= 4 is 11.6 Å². The maximum atomic E-state index is 12.0. The van der Waals surface area contributed by atoms with E-state index in [1.54, 1.807) is 31.2 Å². The van der Waals surface area contributed by atoms with Crippen LogP contribution in [0.4, 0.5) is 0 Å². The zero-order valence-corrected chi connectivity index (χ0v) is 8.93. The summed E-state index contributed by atoms with van der Waals surface area (Å²) >= 11 is 0. The van der Waals surface area contributed by atoms with E-state index in [0.29, 0.717) is 17.5 Å². The van der Waals surface area contributed by atoms with Gasteiger partial charge in [0.2, 0.25) is 0 Å². The van der Waals surface area contributed by atoms with Gasteiger partial charge in [-0.1, -0.05) is 31.2 Å². The number of ketones is 2. The number of aliphatic hydroxyl groups excluding tert-OH is 1. The minimum Gasteiger partial charge on any atom is -0.388 e. The van der Waals surface area contributed by atoms with E-state index in [4.69, 9.17) is 0 Å². The number of rotatable bonds is 2. The molecule has 3 heteroatoms. The van der Waals surface area contributed by atoms with Crippen LogP contribution in [0.15, 0.2) is 35.9 Å². The lowest BCUT2D eigenvalue weighted by molar-refractivity contribution is 0.0945. The van der Waals surface area contributed by atoms with Crippen LogP contribution in [0.3, 0.4) is 0 Å². The summed E-state index contributed by atoms with van der Waals surface area (Å²) < 4.78 is 0. The highest BCUT2D eigenvalue weighted by atomic mass is 16.3. The second-order valence-electron chi connectivity index (χ2n) is 3.76. The average Bonchev–Trinajstić information content (AvgIpc) is 2.33. The Morgan fingerprint density at radius 2 is 1.81 bits per heavy atom. The van der Waals surface area contributed by atoms with Crippen molar-refractivity contribution in [1.29, 1.82) is 0 Å². The second-order valence-corrected chi connectivity index (χ2v) is 3.76. The molecule has 0 amide bonds. The monoisotopic (exact) mass is 216 g/mol. The molecular formula is C13H12O3. The molecule has 0 saturated heterocycles. The van der Waals surface area contributed by atoms with Crippen molar-refractivity contribution < 1.29 is 14.7 Å². The molecule has 2 rings (SSSR count). The first kappa shape index (κ1) is 10.8. The van der Waals surface area contributed by atoms with Gasteiger partial charge in [-0.3, -0.25) is 9.59 Å². The average molecular weight is 216 g/mol. The van der Waals surface area contributed by atoms with Crippen molar-refractivity contribution in [2.45, 2.75) is 19.4 Å². The quantitative estimate of drug-likeness (QED) is 0.819. The molecule has 0 aliphatic heterocycles. The largest absolute Gasteiger partial charge is 0.388 e. The van der Waals surface area contributed by atoms with Crippen molar-refractivity contribution in [3.05, 3.63) is 47.0 Å². The van der Waals surface area contributed by atoms with E-state index >= 15 is 0 Å². The minimum absolute atomic E-state index is 0.200. The molecule has 0 saturated carbocycles. The van der Waals surface area contributed by atoms with E-state index in [1.165, 1.54) is 6.08 Å². The van der Waals surface area contributed by atoms with Crippen LogP contribution in [-0.2, 0) is 0 Å². The smallest absolute Gasteiger partial charge is 0.192 e. The summed E-state index contributed by atoms with van der Waals surface area (Å²) in [6, 6.07) is 6.68. The fourth-order valence-corrected chi connectivity index (χ4v) is 1.80. The number of fused-ring (bicyclic) bond motifs is 1. The van der Waals surface area contributed by atoms with Gasteiger partial charge in [0.15, 0.2) is 11.6 Å². The first-order valence-corrected chi connectivity index (χ1v) is 5.23. The number of hydrogen-bond donors (Lipinski definition) is 1. The molecule has 1 aromatic rings. The van der Waals surface area contributed by atoms with Gasteiger partial charge in [-0.25, -0.2) is 0 Å². The molecule has 0 heterocycles. The fraction of sp³-hybridized carbons (Fsp3) is 0.231. The van der Waals surface area contributed by atoms with Gasteiger partial charge in [0.05, 0.1) is 6.10 Å². The standard InChI is InChI=1S/C13H12O3/c1-2-11(14)10-7-12(15)8-5-3-4-6-9(8)13(10)16/h3-7,11,14H,2H2,1H3. The molecule has 3 nitrogen and oxygen atoms in total. The third kappa shape index (κ3) is 1.59. The molecule has 1 aliphatic rings. The third-order valence-electron chi connectivity index (χ3n) is 2.73. The first-order valence-electron chi connectivity index (χ1n) is 5.23.